The van der Waals surface area contributed by atoms with Gasteiger partial charge in [-0.15, -0.1) is 0 Å². The van der Waals surface area contributed by atoms with E-state index in [0.29, 0.717) is 34.8 Å². The van der Waals surface area contributed by atoms with Gasteiger partial charge >= 0.3 is 5.69 Å². The van der Waals surface area contributed by atoms with Crippen LogP contribution in [-0.2, 0) is 11.3 Å². The van der Waals surface area contributed by atoms with Crippen molar-refractivity contribution in [2.24, 2.45) is 0 Å². The number of rotatable bonds is 11. The highest BCUT2D eigenvalue weighted by Crippen LogP contribution is 2.38. The largest absolute Gasteiger partial charge is 0.493 e. The number of fused-ring (bicyclic) bond motifs is 1. The van der Waals surface area contributed by atoms with Gasteiger partial charge in [0.2, 0.25) is 5.88 Å². The predicted molar refractivity (Wildman–Crippen MR) is 163 cm³/mol. The summed E-state index contributed by atoms with van der Waals surface area (Å²) < 4.78 is 40.8. The molecular formula is C33H33FN4O6. The molecule has 1 aliphatic rings. The summed E-state index contributed by atoms with van der Waals surface area (Å²) in [6.45, 7) is 5.09. The summed E-state index contributed by atoms with van der Waals surface area (Å²) in [5.74, 6) is 0.374. The number of imidazole rings is 1. The van der Waals surface area contributed by atoms with Crippen molar-refractivity contribution < 1.29 is 28.4 Å². The summed E-state index contributed by atoms with van der Waals surface area (Å²) in [6.07, 6.45) is 3.76. The number of nitrogens with zero attached hydrogens (tertiary/aromatic N) is 4. The van der Waals surface area contributed by atoms with Crippen LogP contribution in [0.15, 0.2) is 83.9 Å². The molecule has 5 aromatic rings. The SMILES string of the molecule is COc1cc2c(Oc3ccc(-n4c(O)cn(Cc5ccccc5)c4=O)cc3F)ccnc2cc1OCCCN1CCOCC1. The number of hydrogen-bond acceptors (Lipinski definition) is 8. The van der Waals surface area contributed by atoms with Gasteiger partial charge in [-0.3, -0.25) is 14.5 Å². The molecule has 2 aromatic heterocycles. The van der Waals surface area contributed by atoms with Gasteiger partial charge in [0.1, 0.15) is 5.75 Å². The zero-order valence-electron chi connectivity index (χ0n) is 24.3. The van der Waals surface area contributed by atoms with Crippen LogP contribution in [0.3, 0.4) is 0 Å². The van der Waals surface area contributed by atoms with Gasteiger partial charge in [0.15, 0.2) is 23.1 Å². The second-order valence-corrected chi connectivity index (χ2v) is 10.4. The summed E-state index contributed by atoms with van der Waals surface area (Å²) in [5.41, 5.74) is 1.16. The molecule has 0 radical (unpaired) electrons. The lowest BCUT2D eigenvalue weighted by Crippen LogP contribution is -2.37. The van der Waals surface area contributed by atoms with Gasteiger partial charge in [-0.05, 0) is 36.2 Å². The molecule has 10 nitrogen and oxygen atoms in total. The monoisotopic (exact) mass is 600 g/mol. The number of hydrogen-bond donors (Lipinski definition) is 1. The number of benzene rings is 3. The van der Waals surface area contributed by atoms with Gasteiger partial charge in [0.25, 0.3) is 0 Å². The van der Waals surface area contributed by atoms with E-state index in [1.807, 2.05) is 30.3 Å². The maximum atomic E-state index is 15.4. The van der Waals surface area contributed by atoms with Crippen LogP contribution in [0.1, 0.15) is 12.0 Å². The standard InChI is InChI=1S/C33H33FN4O6/c1-41-30-19-25-27(20-31(30)43-15-5-12-36-13-16-42-17-14-36)35-11-10-28(25)44-29-9-8-24(18-26(29)34)38-32(39)22-37(33(38)40)21-23-6-3-2-4-7-23/h2-4,6-11,18-20,22,39H,5,12-17,21H2,1H3. The van der Waals surface area contributed by atoms with Crippen molar-refractivity contribution in [2.75, 3.05) is 46.6 Å². The third kappa shape index (κ3) is 6.38. The third-order valence-corrected chi connectivity index (χ3v) is 7.49. The van der Waals surface area contributed by atoms with Crippen molar-refractivity contribution in [1.82, 2.24) is 19.0 Å². The second kappa shape index (κ2) is 13.2. The molecule has 1 aliphatic heterocycles. The zero-order valence-corrected chi connectivity index (χ0v) is 24.3. The highest BCUT2D eigenvalue weighted by Gasteiger charge is 2.17. The molecule has 0 saturated carbocycles. The molecule has 0 bridgehead atoms. The number of aromatic hydroxyl groups is 1. The van der Waals surface area contributed by atoms with Crippen LogP contribution in [0, 0.1) is 5.82 Å². The molecule has 1 saturated heterocycles. The topological polar surface area (TPSA) is 100 Å². The Morgan fingerprint density at radius 1 is 0.977 bits per heavy atom. The van der Waals surface area contributed by atoms with E-state index in [9.17, 15) is 9.90 Å². The van der Waals surface area contributed by atoms with Crippen LogP contribution >= 0.6 is 0 Å². The van der Waals surface area contributed by atoms with E-state index < -0.39 is 11.5 Å². The second-order valence-electron chi connectivity index (χ2n) is 10.4. The first-order chi connectivity index (χ1) is 21.5. The number of methoxy groups -OCH3 is 1. The number of morpholine rings is 1. The Morgan fingerprint density at radius 3 is 2.57 bits per heavy atom. The molecule has 1 N–H and O–H groups in total. The fourth-order valence-corrected chi connectivity index (χ4v) is 5.23. The molecular weight excluding hydrogens is 567 g/mol. The van der Waals surface area contributed by atoms with E-state index in [2.05, 4.69) is 9.88 Å². The predicted octanol–water partition coefficient (Wildman–Crippen LogP) is 4.98. The molecule has 0 atom stereocenters. The van der Waals surface area contributed by atoms with Crippen molar-refractivity contribution >= 4 is 10.9 Å². The fourth-order valence-electron chi connectivity index (χ4n) is 5.23. The van der Waals surface area contributed by atoms with Gasteiger partial charge in [-0.2, -0.15) is 0 Å². The number of pyridine rings is 1. The summed E-state index contributed by atoms with van der Waals surface area (Å²) >= 11 is 0. The lowest BCUT2D eigenvalue weighted by Gasteiger charge is -2.26. The Balaban J connectivity index is 1.19. The molecule has 0 amide bonds. The van der Waals surface area contributed by atoms with E-state index in [-0.39, 0.29) is 23.9 Å². The molecule has 0 aliphatic carbocycles. The van der Waals surface area contributed by atoms with E-state index in [0.717, 1.165) is 55.5 Å². The van der Waals surface area contributed by atoms with Crippen LogP contribution in [0.25, 0.3) is 16.6 Å². The first-order valence-electron chi connectivity index (χ1n) is 14.4. The summed E-state index contributed by atoms with van der Waals surface area (Å²) in [5, 5.41) is 11.1. The van der Waals surface area contributed by atoms with E-state index in [1.165, 1.54) is 22.9 Å². The van der Waals surface area contributed by atoms with Crippen molar-refractivity contribution in [3.05, 3.63) is 101 Å². The fraction of sp³-hybridized carbons (Fsp3) is 0.273. The van der Waals surface area contributed by atoms with Crippen molar-refractivity contribution in [2.45, 2.75) is 13.0 Å². The first-order valence-corrected chi connectivity index (χ1v) is 14.4. The van der Waals surface area contributed by atoms with E-state index >= 15 is 4.39 Å². The number of ether oxygens (including phenoxy) is 4. The molecule has 0 unspecified atom stereocenters. The van der Waals surface area contributed by atoms with Gasteiger partial charge in [-0.1, -0.05) is 30.3 Å². The van der Waals surface area contributed by atoms with Gasteiger partial charge in [-0.25, -0.2) is 13.8 Å². The summed E-state index contributed by atoms with van der Waals surface area (Å²) in [7, 11) is 1.56. The highest BCUT2D eigenvalue weighted by molar-refractivity contribution is 5.88. The maximum Gasteiger partial charge on any atom is 0.336 e. The molecule has 11 heteroatoms. The summed E-state index contributed by atoms with van der Waals surface area (Å²) in [4.78, 5) is 19.8. The Kier molecular flexibility index (Phi) is 8.76. The molecule has 0 spiro atoms. The van der Waals surface area contributed by atoms with Crippen LogP contribution in [0.5, 0.6) is 28.9 Å². The Labute approximate surface area is 253 Å². The van der Waals surface area contributed by atoms with Crippen LogP contribution in [-0.4, -0.2) is 70.7 Å². The van der Waals surface area contributed by atoms with E-state index in [1.54, 1.807) is 31.5 Å². The molecule has 3 heterocycles. The van der Waals surface area contributed by atoms with Gasteiger partial charge < -0.3 is 24.1 Å². The summed E-state index contributed by atoms with van der Waals surface area (Å²) in [6, 6.07) is 18.6. The molecule has 44 heavy (non-hydrogen) atoms. The number of aromatic nitrogens is 3. The van der Waals surface area contributed by atoms with Crippen molar-refractivity contribution in [1.29, 1.82) is 0 Å². The lowest BCUT2D eigenvalue weighted by atomic mass is 10.1. The minimum atomic E-state index is -0.707. The van der Waals surface area contributed by atoms with Crippen molar-refractivity contribution in [3.8, 4) is 34.6 Å². The average Bonchev–Trinajstić information content (AvgIpc) is 3.32. The van der Waals surface area contributed by atoms with Gasteiger partial charge in [0, 0.05) is 43.4 Å². The third-order valence-electron chi connectivity index (χ3n) is 7.49. The van der Waals surface area contributed by atoms with Crippen LogP contribution in [0.4, 0.5) is 4.39 Å². The molecule has 228 valence electrons. The minimum absolute atomic E-state index is 0.0556. The lowest BCUT2D eigenvalue weighted by molar-refractivity contribution is 0.0357. The average molecular weight is 601 g/mol. The number of halogens is 1. The molecule has 1 fully saturated rings. The van der Waals surface area contributed by atoms with Gasteiger partial charge in [0.05, 0.1) is 50.9 Å². The van der Waals surface area contributed by atoms with Crippen LogP contribution in [0.2, 0.25) is 0 Å². The zero-order chi connectivity index (χ0) is 30.5. The Morgan fingerprint density at radius 2 is 1.80 bits per heavy atom. The molecule has 6 rings (SSSR count). The van der Waals surface area contributed by atoms with Crippen molar-refractivity contribution in [3.63, 3.8) is 0 Å². The first kappa shape index (κ1) is 29.2. The normalized spacial score (nSPS) is 13.7. The Bertz CT molecular complexity index is 1800. The maximum absolute atomic E-state index is 15.4. The molecule has 3 aromatic carbocycles. The minimum Gasteiger partial charge on any atom is -0.493 e. The van der Waals surface area contributed by atoms with Crippen LogP contribution < -0.4 is 19.9 Å². The van der Waals surface area contributed by atoms with E-state index in [4.69, 9.17) is 18.9 Å². The quantitative estimate of drug-likeness (QED) is 0.212. The highest BCUT2D eigenvalue weighted by atomic mass is 19.1. The Hall–Kier alpha value is -4.87. The smallest absolute Gasteiger partial charge is 0.336 e.